The van der Waals surface area contributed by atoms with Crippen LogP contribution in [0.3, 0.4) is 0 Å². The van der Waals surface area contributed by atoms with Crippen molar-refractivity contribution < 1.29 is 0 Å². The van der Waals surface area contributed by atoms with Crippen molar-refractivity contribution in [1.29, 1.82) is 0 Å². The first-order valence-corrected chi connectivity index (χ1v) is 9.38. The van der Waals surface area contributed by atoms with Crippen LogP contribution in [-0.2, 0) is 0 Å². The minimum atomic E-state index is 0.580. The third-order valence-corrected chi connectivity index (χ3v) is 5.21. The molecule has 27 heavy (non-hydrogen) atoms. The first kappa shape index (κ1) is 16.1. The van der Waals surface area contributed by atoms with E-state index in [4.69, 9.17) is 16.6 Å². The van der Waals surface area contributed by atoms with Gasteiger partial charge in [0.1, 0.15) is 5.17 Å². The molecule has 0 saturated heterocycles. The summed E-state index contributed by atoms with van der Waals surface area (Å²) >= 11 is 6.44. The summed E-state index contributed by atoms with van der Waals surface area (Å²) in [5, 5.41) is 5.27. The van der Waals surface area contributed by atoms with Gasteiger partial charge in [0.2, 0.25) is 0 Å². The van der Waals surface area contributed by atoms with E-state index in [-0.39, 0.29) is 0 Å². The molecule has 0 radical (unpaired) electrons. The van der Waals surface area contributed by atoms with Crippen LogP contribution in [0.1, 0.15) is 17.5 Å². The highest BCUT2D eigenvalue weighted by Crippen LogP contribution is 2.44. The van der Waals surface area contributed by atoms with Crippen LogP contribution in [0.25, 0.3) is 27.1 Å². The Morgan fingerprint density at radius 1 is 0.704 bits per heavy atom. The topological polar surface area (TPSA) is 12.4 Å². The molecule has 4 aromatic carbocycles. The van der Waals surface area contributed by atoms with Crippen LogP contribution >= 0.6 is 11.6 Å². The average molecular weight is 366 g/mol. The first-order chi connectivity index (χ1) is 13.3. The second-order valence-electron chi connectivity index (χ2n) is 6.60. The van der Waals surface area contributed by atoms with Crippen molar-refractivity contribution in [1.82, 2.24) is 0 Å². The SMILES string of the molecule is ClC1=Nc2c(c3ccccc3c3ccccc23)C(c2ccccc2)=C=CC1. The fraction of sp³-hybridized carbons (Fsp3) is 0.0400. The molecule has 0 bridgehead atoms. The lowest BCUT2D eigenvalue weighted by Crippen LogP contribution is -1.96. The molecule has 0 unspecified atom stereocenters. The van der Waals surface area contributed by atoms with Crippen LogP contribution in [0.2, 0.25) is 0 Å². The summed E-state index contributed by atoms with van der Waals surface area (Å²) in [6, 6.07) is 27.3. The van der Waals surface area contributed by atoms with Crippen LogP contribution in [0.15, 0.2) is 95.7 Å². The maximum Gasteiger partial charge on any atom is 0.111 e. The zero-order valence-corrected chi connectivity index (χ0v) is 15.4. The van der Waals surface area contributed by atoms with Gasteiger partial charge in [0, 0.05) is 22.9 Å². The molecule has 128 valence electrons. The molecule has 0 aromatic heterocycles. The predicted molar refractivity (Wildman–Crippen MR) is 116 cm³/mol. The monoisotopic (exact) mass is 365 g/mol. The maximum atomic E-state index is 6.44. The number of fused-ring (bicyclic) bond motifs is 6. The fourth-order valence-corrected chi connectivity index (χ4v) is 3.96. The van der Waals surface area contributed by atoms with Gasteiger partial charge in [-0.3, -0.25) is 0 Å². The number of rotatable bonds is 1. The summed E-state index contributed by atoms with van der Waals surface area (Å²) in [4.78, 5) is 4.84. The van der Waals surface area contributed by atoms with Gasteiger partial charge in [0.05, 0.1) is 5.69 Å². The maximum absolute atomic E-state index is 6.44. The number of halogens is 1. The summed E-state index contributed by atoms with van der Waals surface area (Å²) in [6.45, 7) is 0. The van der Waals surface area contributed by atoms with E-state index in [2.05, 4.69) is 78.5 Å². The summed E-state index contributed by atoms with van der Waals surface area (Å²) < 4.78 is 0. The third kappa shape index (κ3) is 2.69. The lowest BCUT2D eigenvalue weighted by Gasteiger charge is -2.18. The first-order valence-electron chi connectivity index (χ1n) is 9.00. The fourth-order valence-electron chi connectivity index (χ4n) is 3.80. The minimum absolute atomic E-state index is 0.580. The van der Waals surface area contributed by atoms with Crippen LogP contribution in [0.4, 0.5) is 5.69 Å². The van der Waals surface area contributed by atoms with E-state index in [1.165, 1.54) is 16.2 Å². The lowest BCUT2D eigenvalue weighted by molar-refractivity contribution is 1.43. The predicted octanol–water partition coefficient (Wildman–Crippen LogP) is 7.25. The highest BCUT2D eigenvalue weighted by molar-refractivity contribution is 6.66. The summed E-state index contributed by atoms with van der Waals surface area (Å²) in [6.07, 6.45) is 2.56. The highest BCUT2D eigenvalue weighted by atomic mass is 35.5. The van der Waals surface area contributed by atoms with E-state index in [1.54, 1.807) is 0 Å². The van der Waals surface area contributed by atoms with E-state index < -0.39 is 0 Å². The molecule has 0 aliphatic carbocycles. The molecule has 2 heteroatoms. The van der Waals surface area contributed by atoms with E-state index in [1.807, 2.05) is 12.1 Å². The van der Waals surface area contributed by atoms with Gasteiger partial charge in [-0.15, -0.1) is 5.73 Å². The Hall–Kier alpha value is -3.12. The molecule has 0 fully saturated rings. The number of hydrogen-bond acceptors (Lipinski definition) is 1. The largest absolute Gasteiger partial charge is 0.240 e. The second-order valence-corrected chi connectivity index (χ2v) is 7.03. The van der Waals surface area contributed by atoms with Crippen molar-refractivity contribution in [2.75, 3.05) is 0 Å². The molecule has 1 nitrogen and oxygen atoms in total. The van der Waals surface area contributed by atoms with Gasteiger partial charge < -0.3 is 0 Å². The quantitative estimate of drug-likeness (QED) is 0.249. The second kappa shape index (κ2) is 6.55. The normalized spacial score (nSPS) is 13.7. The number of hydrogen-bond donors (Lipinski definition) is 0. The van der Waals surface area contributed by atoms with E-state index in [0.29, 0.717) is 11.6 Å². The van der Waals surface area contributed by atoms with Gasteiger partial charge in [0.25, 0.3) is 0 Å². The smallest absolute Gasteiger partial charge is 0.111 e. The van der Waals surface area contributed by atoms with Crippen molar-refractivity contribution in [3.63, 3.8) is 0 Å². The Bertz CT molecular complexity index is 1280. The molecule has 4 aromatic rings. The van der Waals surface area contributed by atoms with E-state index in [0.717, 1.165) is 27.8 Å². The van der Waals surface area contributed by atoms with Gasteiger partial charge in [0.15, 0.2) is 0 Å². The standard InChI is InChI=1S/C25H16ClN/c26-23-16-8-15-18(17-9-2-1-3-10-17)24-21-13-6-4-11-19(21)20-12-5-7-14-22(20)25(24)27-23/h1-14H,16H2. The molecule has 0 spiro atoms. The Kier molecular flexibility index (Phi) is 3.90. The van der Waals surface area contributed by atoms with Crippen molar-refractivity contribution in [2.24, 2.45) is 4.99 Å². The number of aliphatic imine (C=N–C) groups is 1. The molecule has 0 amide bonds. The van der Waals surface area contributed by atoms with Gasteiger partial charge in [-0.05, 0) is 27.8 Å². The molecule has 5 rings (SSSR count). The summed E-state index contributed by atoms with van der Waals surface area (Å²) in [5.41, 5.74) is 7.70. The Morgan fingerprint density at radius 3 is 2.04 bits per heavy atom. The molecular formula is C25H16ClN. The van der Waals surface area contributed by atoms with Gasteiger partial charge in [-0.25, -0.2) is 4.99 Å². The van der Waals surface area contributed by atoms with Crippen molar-refractivity contribution in [3.05, 3.63) is 102 Å². The molecular weight excluding hydrogens is 350 g/mol. The van der Waals surface area contributed by atoms with Crippen molar-refractivity contribution in [3.8, 4) is 0 Å². The third-order valence-electron chi connectivity index (χ3n) is 4.97. The zero-order valence-electron chi connectivity index (χ0n) is 14.6. The Balaban J connectivity index is 2.03. The number of allylic oxidation sites excluding steroid dienone is 1. The van der Waals surface area contributed by atoms with Crippen LogP contribution < -0.4 is 0 Å². The minimum Gasteiger partial charge on any atom is -0.240 e. The molecule has 1 aliphatic heterocycles. The van der Waals surface area contributed by atoms with Gasteiger partial charge in [-0.1, -0.05) is 90.5 Å². The van der Waals surface area contributed by atoms with E-state index in [9.17, 15) is 0 Å². The van der Waals surface area contributed by atoms with Gasteiger partial charge >= 0.3 is 0 Å². The Labute approximate surface area is 162 Å². The molecule has 1 heterocycles. The Morgan fingerprint density at radius 2 is 1.30 bits per heavy atom. The van der Waals surface area contributed by atoms with Crippen LogP contribution in [0, 0.1) is 0 Å². The molecule has 0 saturated carbocycles. The summed E-state index contributed by atoms with van der Waals surface area (Å²) in [7, 11) is 0. The average Bonchev–Trinajstić information content (AvgIpc) is 2.71. The summed E-state index contributed by atoms with van der Waals surface area (Å²) in [5.74, 6) is 0. The van der Waals surface area contributed by atoms with Crippen molar-refractivity contribution >= 4 is 49.6 Å². The number of nitrogens with zero attached hydrogens (tertiary/aromatic N) is 1. The van der Waals surface area contributed by atoms with Crippen molar-refractivity contribution in [2.45, 2.75) is 6.42 Å². The van der Waals surface area contributed by atoms with E-state index >= 15 is 0 Å². The van der Waals surface area contributed by atoms with Gasteiger partial charge in [-0.2, -0.15) is 0 Å². The van der Waals surface area contributed by atoms with Crippen LogP contribution in [-0.4, -0.2) is 5.17 Å². The molecule has 0 N–H and O–H groups in total. The van der Waals surface area contributed by atoms with Crippen LogP contribution in [0.5, 0.6) is 0 Å². The zero-order chi connectivity index (χ0) is 18.2. The number of benzene rings is 4. The molecule has 1 aliphatic rings. The highest BCUT2D eigenvalue weighted by Gasteiger charge is 2.19. The lowest BCUT2D eigenvalue weighted by atomic mass is 9.88. The molecule has 0 atom stereocenters.